The third-order valence-corrected chi connectivity index (χ3v) is 2.68. The molecule has 76 valence electrons. The normalized spacial score (nSPS) is 23.6. The number of benzene rings is 1. The van der Waals surface area contributed by atoms with Crippen LogP contribution in [0.15, 0.2) is 30.3 Å². The molecule has 2 nitrogen and oxygen atoms in total. The van der Waals surface area contributed by atoms with E-state index >= 15 is 0 Å². The molecule has 1 aliphatic heterocycles. The van der Waals surface area contributed by atoms with Gasteiger partial charge in [0.1, 0.15) is 0 Å². The molecule has 0 spiro atoms. The summed E-state index contributed by atoms with van der Waals surface area (Å²) in [5, 5.41) is 3.30. The molecule has 1 aromatic rings. The molecule has 14 heavy (non-hydrogen) atoms. The molecule has 0 radical (unpaired) electrons. The first-order chi connectivity index (χ1) is 6.86. The highest BCUT2D eigenvalue weighted by Crippen LogP contribution is 2.19. The number of rotatable bonds is 3. The summed E-state index contributed by atoms with van der Waals surface area (Å²) in [5.74, 6) is 0. The number of ether oxygens (including phenoxy) is 1. The van der Waals surface area contributed by atoms with Crippen molar-refractivity contribution in [3.8, 4) is 0 Å². The van der Waals surface area contributed by atoms with Crippen molar-refractivity contribution in [2.75, 3.05) is 13.1 Å². The highest BCUT2D eigenvalue weighted by atomic mass is 16.5. The van der Waals surface area contributed by atoms with Gasteiger partial charge in [0.25, 0.3) is 0 Å². The summed E-state index contributed by atoms with van der Waals surface area (Å²) in [7, 11) is 0. The summed E-state index contributed by atoms with van der Waals surface area (Å²) in [6.07, 6.45) is 1.74. The van der Waals surface area contributed by atoms with Crippen LogP contribution in [0.2, 0.25) is 0 Å². The van der Waals surface area contributed by atoms with Crippen LogP contribution >= 0.6 is 0 Å². The van der Waals surface area contributed by atoms with E-state index in [1.807, 2.05) is 6.07 Å². The third-order valence-electron chi connectivity index (χ3n) is 2.68. The van der Waals surface area contributed by atoms with E-state index in [1.165, 1.54) is 5.56 Å². The lowest BCUT2D eigenvalue weighted by Crippen LogP contribution is -2.18. The van der Waals surface area contributed by atoms with Crippen molar-refractivity contribution in [1.29, 1.82) is 0 Å². The molecule has 0 unspecified atom stereocenters. The maximum atomic E-state index is 5.93. The second-order valence-corrected chi connectivity index (χ2v) is 3.80. The molecule has 1 aliphatic rings. The first-order valence-corrected chi connectivity index (χ1v) is 5.27. The maximum Gasteiger partial charge on any atom is 0.0801 e. The van der Waals surface area contributed by atoms with Gasteiger partial charge in [0.15, 0.2) is 0 Å². The summed E-state index contributed by atoms with van der Waals surface area (Å²) in [6, 6.07) is 10.4. The van der Waals surface area contributed by atoms with Crippen molar-refractivity contribution in [3.05, 3.63) is 35.9 Å². The Bertz CT molecular complexity index is 267. The highest BCUT2D eigenvalue weighted by molar-refractivity contribution is 5.16. The van der Waals surface area contributed by atoms with Gasteiger partial charge in [-0.2, -0.15) is 0 Å². The smallest absolute Gasteiger partial charge is 0.0801 e. The van der Waals surface area contributed by atoms with Crippen molar-refractivity contribution in [3.63, 3.8) is 0 Å². The standard InChI is InChI=1S/C12H17NO/c1-10(11-5-3-2-4-6-11)14-12-7-8-13-9-12/h2-6,10,12-13H,7-9H2,1H3/t10-,12+/m1/s1. The van der Waals surface area contributed by atoms with Crippen molar-refractivity contribution < 1.29 is 4.74 Å². The molecular weight excluding hydrogens is 174 g/mol. The first-order valence-electron chi connectivity index (χ1n) is 5.27. The molecule has 0 bridgehead atoms. The van der Waals surface area contributed by atoms with Crippen LogP contribution in [0.25, 0.3) is 0 Å². The molecule has 2 heteroatoms. The minimum Gasteiger partial charge on any atom is -0.369 e. The van der Waals surface area contributed by atoms with E-state index in [0.717, 1.165) is 19.5 Å². The van der Waals surface area contributed by atoms with Crippen LogP contribution in [0.1, 0.15) is 25.0 Å². The van der Waals surface area contributed by atoms with Crippen LogP contribution in [-0.4, -0.2) is 19.2 Å². The van der Waals surface area contributed by atoms with E-state index in [4.69, 9.17) is 4.74 Å². The van der Waals surface area contributed by atoms with E-state index in [9.17, 15) is 0 Å². The van der Waals surface area contributed by atoms with Gasteiger partial charge in [-0.25, -0.2) is 0 Å². The van der Waals surface area contributed by atoms with Gasteiger partial charge in [0, 0.05) is 6.54 Å². The lowest BCUT2D eigenvalue weighted by Gasteiger charge is -2.18. The van der Waals surface area contributed by atoms with Crippen molar-refractivity contribution in [2.24, 2.45) is 0 Å². The second-order valence-electron chi connectivity index (χ2n) is 3.80. The Balaban J connectivity index is 1.92. The zero-order chi connectivity index (χ0) is 9.80. The minimum atomic E-state index is 0.209. The monoisotopic (exact) mass is 191 g/mol. The molecule has 0 saturated carbocycles. The summed E-state index contributed by atoms with van der Waals surface area (Å²) >= 11 is 0. The van der Waals surface area contributed by atoms with E-state index in [-0.39, 0.29) is 6.10 Å². The fourth-order valence-corrected chi connectivity index (χ4v) is 1.84. The summed E-state index contributed by atoms with van der Waals surface area (Å²) in [6.45, 7) is 4.21. The molecule has 0 amide bonds. The highest BCUT2D eigenvalue weighted by Gasteiger charge is 2.18. The Morgan fingerprint density at radius 1 is 1.36 bits per heavy atom. The SMILES string of the molecule is C[C@@H](O[C@H]1CCNC1)c1ccccc1. The van der Waals surface area contributed by atoms with Crippen LogP contribution in [0.4, 0.5) is 0 Å². The van der Waals surface area contributed by atoms with E-state index in [1.54, 1.807) is 0 Å². The average molecular weight is 191 g/mol. The first kappa shape index (κ1) is 9.69. The summed E-state index contributed by atoms with van der Waals surface area (Å²) in [5.41, 5.74) is 1.26. The van der Waals surface area contributed by atoms with Crippen LogP contribution in [0.5, 0.6) is 0 Å². The quantitative estimate of drug-likeness (QED) is 0.790. The minimum absolute atomic E-state index is 0.209. The average Bonchev–Trinajstić information content (AvgIpc) is 2.72. The van der Waals surface area contributed by atoms with Crippen molar-refractivity contribution >= 4 is 0 Å². The van der Waals surface area contributed by atoms with Gasteiger partial charge in [-0.05, 0) is 25.5 Å². The molecule has 2 rings (SSSR count). The Morgan fingerprint density at radius 2 is 2.14 bits per heavy atom. The summed E-state index contributed by atoms with van der Waals surface area (Å²) in [4.78, 5) is 0. The Labute approximate surface area is 85.3 Å². The molecule has 1 saturated heterocycles. The lowest BCUT2D eigenvalue weighted by atomic mass is 10.1. The molecule has 1 heterocycles. The van der Waals surface area contributed by atoms with Crippen LogP contribution < -0.4 is 5.32 Å². The van der Waals surface area contributed by atoms with Gasteiger partial charge < -0.3 is 10.1 Å². The molecule has 2 atom stereocenters. The number of nitrogens with one attached hydrogen (secondary N) is 1. The fourth-order valence-electron chi connectivity index (χ4n) is 1.84. The van der Waals surface area contributed by atoms with Crippen molar-refractivity contribution in [2.45, 2.75) is 25.6 Å². The Hall–Kier alpha value is -0.860. The molecule has 1 N–H and O–H groups in total. The number of hydrogen-bond donors (Lipinski definition) is 1. The van der Waals surface area contributed by atoms with Crippen LogP contribution in [0.3, 0.4) is 0 Å². The van der Waals surface area contributed by atoms with Gasteiger partial charge in [0.2, 0.25) is 0 Å². The summed E-state index contributed by atoms with van der Waals surface area (Å²) < 4.78 is 5.93. The molecule has 1 aromatic carbocycles. The van der Waals surface area contributed by atoms with E-state index in [0.29, 0.717) is 6.10 Å². The lowest BCUT2D eigenvalue weighted by molar-refractivity contribution is 0.00829. The zero-order valence-corrected chi connectivity index (χ0v) is 8.57. The third kappa shape index (κ3) is 2.34. The zero-order valence-electron chi connectivity index (χ0n) is 8.57. The number of hydrogen-bond acceptors (Lipinski definition) is 2. The molecular formula is C12H17NO. The van der Waals surface area contributed by atoms with Gasteiger partial charge in [0.05, 0.1) is 12.2 Å². The molecule has 1 fully saturated rings. The van der Waals surface area contributed by atoms with Gasteiger partial charge in [-0.15, -0.1) is 0 Å². The maximum absolute atomic E-state index is 5.93. The van der Waals surface area contributed by atoms with Gasteiger partial charge in [-0.1, -0.05) is 30.3 Å². The molecule has 0 aromatic heterocycles. The van der Waals surface area contributed by atoms with E-state index in [2.05, 4.69) is 36.5 Å². The largest absolute Gasteiger partial charge is 0.369 e. The van der Waals surface area contributed by atoms with E-state index < -0.39 is 0 Å². The second kappa shape index (κ2) is 4.58. The fraction of sp³-hybridized carbons (Fsp3) is 0.500. The van der Waals surface area contributed by atoms with Crippen LogP contribution in [0, 0.1) is 0 Å². The Morgan fingerprint density at radius 3 is 2.79 bits per heavy atom. The van der Waals surface area contributed by atoms with Gasteiger partial charge >= 0.3 is 0 Å². The molecule has 0 aliphatic carbocycles. The predicted octanol–water partition coefficient (Wildman–Crippen LogP) is 2.13. The van der Waals surface area contributed by atoms with Gasteiger partial charge in [-0.3, -0.25) is 0 Å². The topological polar surface area (TPSA) is 21.3 Å². The van der Waals surface area contributed by atoms with Crippen molar-refractivity contribution in [1.82, 2.24) is 5.32 Å². The van der Waals surface area contributed by atoms with Crippen LogP contribution in [-0.2, 0) is 4.74 Å². The Kier molecular flexibility index (Phi) is 3.17. The predicted molar refractivity (Wildman–Crippen MR) is 57.2 cm³/mol.